The minimum atomic E-state index is -0.379. The van der Waals surface area contributed by atoms with Crippen LogP contribution in [-0.4, -0.2) is 62.2 Å². The summed E-state index contributed by atoms with van der Waals surface area (Å²) in [6.07, 6.45) is 6.56. The highest BCUT2D eigenvalue weighted by Gasteiger charge is 2.34. The summed E-state index contributed by atoms with van der Waals surface area (Å²) in [7, 11) is 0. The number of halogens is 2. The zero-order chi connectivity index (χ0) is 22.6. The molecule has 5 rings (SSSR count). The second-order valence-electron chi connectivity index (χ2n) is 9.11. The van der Waals surface area contributed by atoms with Gasteiger partial charge in [-0.25, -0.2) is 13.5 Å². The molecule has 2 aromatic carbocycles. The van der Waals surface area contributed by atoms with Crippen LogP contribution in [0.3, 0.4) is 0 Å². The van der Waals surface area contributed by atoms with Crippen molar-refractivity contribution in [3.63, 3.8) is 0 Å². The maximum absolute atomic E-state index is 15.0. The van der Waals surface area contributed by atoms with E-state index in [-0.39, 0.29) is 17.7 Å². The Morgan fingerprint density at radius 3 is 2.33 bits per heavy atom. The largest absolute Gasteiger partial charge is 0.298 e. The van der Waals surface area contributed by atoms with Gasteiger partial charge in [-0.15, -0.1) is 5.10 Å². The lowest BCUT2D eigenvalue weighted by molar-refractivity contribution is 0.0613. The van der Waals surface area contributed by atoms with Gasteiger partial charge in [0.25, 0.3) is 0 Å². The summed E-state index contributed by atoms with van der Waals surface area (Å²) in [5.41, 5.74) is 1.47. The van der Waals surface area contributed by atoms with Gasteiger partial charge in [0, 0.05) is 37.8 Å². The van der Waals surface area contributed by atoms with E-state index in [1.807, 2.05) is 12.1 Å². The quantitative estimate of drug-likeness (QED) is 0.565. The van der Waals surface area contributed by atoms with Crippen LogP contribution in [0.2, 0.25) is 0 Å². The normalized spacial score (nSPS) is 19.6. The van der Waals surface area contributed by atoms with Crippen LogP contribution in [0.4, 0.5) is 8.78 Å². The highest BCUT2D eigenvalue weighted by molar-refractivity contribution is 5.27. The smallest absolute Gasteiger partial charge is 0.173 e. The fourth-order valence-corrected chi connectivity index (χ4v) is 5.29. The Morgan fingerprint density at radius 2 is 1.61 bits per heavy atom. The molecule has 3 aromatic rings. The molecule has 1 saturated heterocycles. The van der Waals surface area contributed by atoms with E-state index < -0.39 is 0 Å². The molecule has 2 fully saturated rings. The van der Waals surface area contributed by atoms with Crippen LogP contribution >= 0.6 is 0 Å². The summed E-state index contributed by atoms with van der Waals surface area (Å²) < 4.78 is 30.1. The molecule has 1 atom stereocenters. The Kier molecular flexibility index (Phi) is 6.73. The third-order valence-electron chi connectivity index (χ3n) is 7.05. The van der Waals surface area contributed by atoms with Crippen molar-refractivity contribution in [3.8, 4) is 0 Å². The molecular formula is C25H30F2N6. The number of nitrogens with zero attached hydrogens (tertiary/aromatic N) is 6. The lowest BCUT2D eigenvalue weighted by Gasteiger charge is -2.43. The molecule has 1 aliphatic heterocycles. The van der Waals surface area contributed by atoms with Crippen LogP contribution < -0.4 is 0 Å². The van der Waals surface area contributed by atoms with E-state index in [1.165, 1.54) is 50.3 Å². The summed E-state index contributed by atoms with van der Waals surface area (Å²) in [5, 5.41) is 12.5. The zero-order valence-electron chi connectivity index (χ0n) is 18.8. The molecule has 2 heterocycles. The van der Waals surface area contributed by atoms with E-state index in [1.54, 1.807) is 22.9 Å². The van der Waals surface area contributed by atoms with Crippen LogP contribution in [0.15, 0.2) is 48.5 Å². The van der Waals surface area contributed by atoms with Gasteiger partial charge in [-0.2, -0.15) is 0 Å². The second-order valence-corrected chi connectivity index (χ2v) is 9.11. The maximum Gasteiger partial charge on any atom is 0.173 e. The summed E-state index contributed by atoms with van der Waals surface area (Å²) in [6, 6.07) is 13.5. The van der Waals surface area contributed by atoms with Gasteiger partial charge in [-0.1, -0.05) is 49.6 Å². The number of hydrogen-bond acceptors (Lipinski definition) is 5. The Bertz CT molecular complexity index is 1040. The molecule has 0 spiro atoms. The van der Waals surface area contributed by atoms with Gasteiger partial charge in [0.15, 0.2) is 5.82 Å². The predicted molar refractivity (Wildman–Crippen MR) is 122 cm³/mol. The SMILES string of the molecule is Fc1ccc(Cn2nnnc2[C@H](c2ccccc2F)N2CCN(C3CCCCC3)CC2)cc1. The summed E-state index contributed by atoms with van der Waals surface area (Å²) in [4.78, 5) is 4.90. The Labute approximate surface area is 193 Å². The lowest BCUT2D eigenvalue weighted by Crippen LogP contribution is -2.52. The topological polar surface area (TPSA) is 50.1 Å². The molecule has 0 amide bonds. The molecule has 2 aliphatic rings. The number of tetrazole rings is 1. The average Bonchev–Trinajstić information content (AvgIpc) is 3.30. The van der Waals surface area contributed by atoms with Crippen molar-refractivity contribution in [1.82, 2.24) is 30.0 Å². The third kappa shape index (κ3) is 4.96. The number of piperazine rings is 1. The maximum atomic E-state index is 15.0. The molecule has 1 aromatic heterocycles. The van der Waals surface area contributed by atoms with E-state index in [0.29, 0.717) is 24.0 Å². The van der Waals surface area contributed by atoms with Crippen LogP contribution in [0, 0.1) is 11.6 Å². The fourth-order valence-electron chi connectivity index (χ4n) is 5.29. The average molecular weight is 453 g/mol. The minimum absolute atomic E-state index is 0.256. The van der Waals surface area contributed by atoms with Crippen molar-refractivity contribution in [1.29, 1.82) is 0 Å². The molecule has 174 valence electrons. The first-order chi connectivity index (χ1) is 16.2. The Balaban J connectivity index is 1.40. The molecule has 1 saturated carbocycles. The number of rotatable bonds is 6. The van der Waals surface area contributed by atoms with Crippen molar-refractivity contribution in [3.05, 3.63) is 77.1 Å². The van der Waals surface area contributed by atoms with Crippen molar-refractivity contribution in [2.75, 3.05) is 26.2 Å². The van der Waals surface area contributed by atoms with Crippen molar-refractivity contribution in [2.45, 2.75) is 50.7 Å². The minimum Gasteiger partial charge on any atom is -0.298 e. The molecule has 0 bridgehead atoms. The molecule has 0 radical (unpaired) electrons. The first-order valence-corrected chi connectivity index (χ1v) is 11.9. The van der Waals surface area contributed by atoms with Gasteiger partial charge >= 0.3 is 0 Å². The van der Waals surface area contributed by atoms with Crippen molar-refractivity contribution in [2.24, 2.45) is 0 Å². The number of hydrogen-bond donors (Lipinski definition) is 0. The van der Waals surface area contributed by atoms with Crippen LogP contribution in [-0.2, 0) is 6.54 Å². The van der Waals surface area contributed by atoms with Crippen LogP contribution in [0.5, 0.6) is 0 Å². The molecule has 6 nitrogen and oxygen atoms in total. The second kappa shape index (κ2) is 10.1. The van der Waals surface area contributed by atoms with E-state index >= 15 is 4.39 Å². The number of aromatic nitrogens is 4. The predicted octanol–water partition coefficient (Wildman–Crippen LogP) is 4.04. The van der Waals surface area contributed by atoms with Gasteiger partial charge in [-0.05, 0) is 47.0 Å². The molecule has 33 heavy (non-hydrogen) atoms. The first kappa shape index (κ1) is 22.1. The summed E-state index contributed by atoms with van der Waals surface area (Å²) in [6.45, 7) is 4.00. The highest BCUT2D eigenvalue weighted by Crippen LogP contribution is 2.31. The highest BCUT2D eigenvalue weighted by atomic mass is 19.1. The van der Waals surface area contributed by atoms with Gasteiger partial charge < -0.3 is 0 Å². The zero-order valence-corrected chi connectivity index (χ0v) is 18.8. The first-order valence-electron chi connectivity index (χ1n) is 11.9. The third-order valence-corrected chi connectivity index (χ3v) is 7.05. The molecule has 8 heteroatoms. The summed E-state index contributed by atoms with van der Waals surface area (Å²) in [5.74, 6) is 0.0693. The standard InChI is InChI=1S/C25H30F2N6/c26-20-12-10-19(11-13-20)18-33-25(28-29-30-33)24(22-8-4-5-9-23(22)27)32-16-14-31(15-17-32)21-6-2-1-3-7-21/h4-5,8-13,21,24H,1-3,6-7,14-18H2/t24-/m0/s1. The van der Waals surface area contributed by atoms with Crippen LogP contribution in [0.25, 0.3) is 0 Å². The van der Waals surface area contributed by atoms with E-state index in [9.17, 15) is 4.39 Å². The summed E-state index contributed by atoms with van der Waals surface area (Å²) >= 11 is 0. The Morgan fingerprint density at radius 1 is 0.879 bits per heavy atom. The Hall–Kier alpha value is -2.71. The van der Waals surface area contributed by atoms with E-state index in [2.05, 4.69) is 25.3 Å². The van der Waals surface area contributed by atoms with Crippen LogP contribution in [0.1, 0.15) is 55.1 Å². The number of benzene rings is 2. The van der Waals surface area contributed by atoms with E-state index in [4.69, 9.17) is 0 Å². The van der Waals surface area contributed by atoms with Crippen molar-refractivity contribution < 1.29 is 8.78 Å². The van der Waals surface area contributed by atoms with Gasteiger partial charge in [0.1, 0.15) is 17.7 Å². The molecule has 1 aliphatic carbocycles. The fraction of sp³-hybridized carbons (Fsp3) is 0.480. The van der Waals surface area contributed by atoms with E-state index in [0.717, 1.165) is 31.7 Å². The van der Waals surface area contributed by atoms with Crippen molar-refractivity contribution >= 4 is 0 Å². The van der Waals surface area contributed by atoms with Gasteiger partial charge in [-0.3, -0.25) is 9.80 Å². The molecule has 0 N–H and O–H groups in total. The molecule has 0 unspecified atom stereocenters. The van der Waals surface area contributed by atoms with Gasteiger partial charge in [0.2, 0.25) is 0 Å². The lowest BCUT2D eigenvalue weighted by atomic mass is 9.93. The molecular weight excluding hydrogens is 422 g/mol. The monoisotopic (exact) mass is 452 g/mol. The van der Waals surface area contributed by atoms with Gasteiger partial charge in [0.05, 0.1) is 6.54 Å².